The Bertz CT molecular complexity index is 1170. The van der Waals surface area contributed by atoms with Gasteiger partial charge in [-0.2, -0.15) is 13.2 Å². The van der Waals surface area contributed by atoms with Crippen LogP contribution in [0.1, 0.15) is 32.6 Å². The van der Waals surface area contributed by atoms with Crippen LogP contribution in [0.4, 0.5) is 13.2 Å². The topological polar surface area (TPSA) is 53.1 Å². The number of halogens is 4. The molecule has 5 rings (SSSR count). The van der Waals surface area contributed by atoms with E-state index in [0.29, 0.717) is 41.8 Å². The van der Waals surface area contributed by atoms with Gasteiger partial charge in [0.1, 0.15) is 0 Å². The molecule has 192 valence electrons. The number of ether oxygens (including phenoxy) is 1. The van der Waals surface area contributed by atoms with E-state index in [1.807, 2.05) is 29.2 Å². The molecule has 10 heteroatoms. The number of nitrogens with zero attached hydrogens (tertiary/aromatic N) is 3. The minimum absolute atomic E-state index is 0.00436. The van der Waals surface area contributed by atoms with E-state index in [4.69, 9.17) is 4.74 Å². The molecule has 0 radical (unpaired) electrons. The van der Waals surface area contributed by atoms with Gasteiger partial charge in [-0.3, -0.25) is 14.5 Å². The molecule has 0 N–H and O–H groups in total. The van der Waals surface area contributed by atoms with Crippen molar-refractivity contribution in [1.29, 1.82) is 0 Å². The van der Waals surface area contributed by atoms with Crippen molar-refractivity contribution in [2.24, 2.45) is 0 Å². The van der Waals surface area contributed by atoms with Crippen molar-refractivity contribution in [2.45, 2.75) is 38.1 Å². The molecule has 0 aliphatic carbocycles. The fourth-order valence-electron chi connectivity index (χ4n) is 5.32. The molecule has 0 aromatic heterocycles. The van der Waals surface area contributed by atoms with E-state index >= 15 is 0 Å². The minimum Gasteiger partial charge on any atom is -0.379 e. The molecule has 0 bridgehead atoms. The SMILES string of the molecule is O=C(c1cc2c(cc1Br)CCN(C(=O)C(F)(F)F)C2)N1Cc2ccccc2C[C@H]1CN1CCOCC1. The lowest BCUT2D eigenvalue weighted by molar-refractivity contribution is -0.186. The van der Waals surface area contributed by atoms with Crippen LogP contribution in [0.5, 0.6) is 0 Å². The normalized spacial score (nSPS) is 20.6. The Hall–Kier alpha value is -2.43. The second-order valence-electron chi connectivity index (χ2n) is 9.55. The lowest BCUT2D eigenvalue weighted by Gasteiger charge is -2.40. The quantitative estimate of drug-likeness (QED) is 0.568. The maximum atomic E-state index is 13.9. The smallest absolute Gasteiger partial charge is 0.379 e. The molecule has 2 aromatic carbocycles. The maximum absolute atomic E-state index is 13.9. The first-order chi connectivity index (χ1) is 17.2. The summed E-state index contributed by atoms with van der Waals surface area (Å²) in [5.41, 5.74) is 4.15. The summed E-state index contributed by atoms with van der Waals surface area (Å²) in [6, 6.07) is 11.5. The van der Waals surface area contributed by atoms with Gasteiger partial charge in [-0.05, 0) is 63.2 Å². The Morgan fingerprint density at radius 1 is 0.972 bits per heavy atom. The third-order valence-corrected chi connectivity index (χ3v) is 7.91. The molecule has 0 saturated carbocycles. The number of hydrogen-bond donors (Lipinski definition) is 0. The van der Waals surface area contributed by atoms with Gasteiger partial charge in [0.25, 0.3) is 5.91 Å². The molecule has 1 atom stereocenters. The zero-order valence-corrected chi connectivity index (χ0v) is 21.3. The number of rotatable bonds is 3. The molecule has 2 aromatic rings. The lowest BCUT2D eigenvalue weighted by atomic mass is 9.92. The summed E-state index contributed by atoms with van der Waals surface area (Å²) in [6.07, 6.45) is -3.88. The molecule has 3 aliphatic heterocycles. The number of alkyl halides is 3. The van der Waals surface area contributed by atoms with Crippen LogP contribution in [0, 0.1) is 0 Å². The molecule has 1 saturated heterocycles. The number of fused-ring (bicyclic) bond motifs is 2. The van der Waals surface area contributed by atoms with Crippen molar-refractivity contribution in [3.8, 4) is 0 Å². The summed E-state index contributed by atoms with van der Waals surface area (Å²) in [5.74, 6) is -2.01. The number of hydrogen-bond acceptors (Lipinski definition) is 4. The number of carbonyl (C=O) groups excluding carboxylic acids is 2. The van der Waals surface area contributed by atoms with Crippen LogP contribution in [-0.4, -0.2) is 78.1 Å². The van der Waals surface area contributed by atoms with Crippen LogP contribution in [0.3, 0.4) is 0 Å². The summed E-state index contributed by atoms with van der Waals surface area (Å²) in [7, 11) is 0. The van der Waals surface area contributed by atoms with Crippen LogP contribution < -0.4 is 0 Å². The number of carbonyl (C=O) groups is 2. The molecular formula is C26H27BrF3N3O3. The van der Waals surface area contributed by atoms with Crippen LogP contribution in [0.15, 0.2) is 40.9 Å². The second-order valence-corrected chi connectivity index (χ2v) is 10.4. The largest absolute Gasteiger partial charge is 0.471 e. The van der Waals surface area contributed by atoms with Gasteiger partial charge in [-0.25, -0.2) is 0 Å². The molecule has 36 heavy (non-hydrogen) atoms. The zero-order valence-electron chi connectivity index (χ0n) is 19.7. The predicted molar refractivity (Wildman–Crippen MR) is 130 cm³/mol. The summed E-state index contributed by atoms with van der Waals surface area (Å²) in [5, 5.41) is 0. The van der Waals surface area contributed by atoms with Gasteiger partial charge < -0.3 is 14.5 Å². The summed E-state index contributed by atoms with van der Waals surface area (Å²) >= 11 is 3.53. The van der Waals surface area contributed by atoms with Crippen molar-refractivity contribution in [2.75, 3.05) is 39.4 Å². The molecule has 0 unspecified atom stereocenters. The first-order valence-electron chi connectivity index (χ1n) is 12.1. The Morgan fingerprint density at radius 2 is 1.69 bits per heavy atom. The zero-order chi connectivity index (χ0) is 25.4. The molecule has 3 aliphatic rings. The standard InChI is InChI=1S/C26H27BrF3N3O3/c27-23-13-18-5-6-32(25(35)26(28,29)30)14-20(18)12-22(23)24(34)33-15-19-4-2-1-3-17(19)11-21(33)16-31-7-9-36-10-8-31/h1-4,12-13,21H,5-11,14-16H2/t21-/m0/s1. The third-order valence-electron chi connectivity index (χ3n) is 7.25. The Morgan fingerprint density at radius 3 is 2.42 bits per heavy atom. The van der Waals surface area contributed by atoms with E-state index in [1.165, 1.54) is 5.56 Å². The highest BCUT2D eigenvalue weighted by atomic mass is 79.9. The van der Waals surface area contributed by atoms with E-state index in [9.17, 15) is 22.8 Å². The molecule has 3 heterocycles. The van der Waals surface area contributed by atoms with Crippen LogP contribution in [0.2, 0.25) is 0 Å². The van der Waals surface area contributed by atoms with Gasteiger partial charge in [0.2, 0.25) is 0 Å². The average Bonchev–Trinajstić information content (AvgIpc) is 2.87. The van der Waals surface area contributed by atoms with E-state index in [-0.39, 0.29) is 25.0 Å². The highest BCUT2D eigenvalue weighted by Gasteiger charge is 2.43. The fourth-order valence-corrected chi connectivity index (χ4v) is 5.88. The van der Waals surface area contributed by atoms with Gasteiger partial charge in [-0.15, -0.1) is 0 Å². The van der Waals surface area contributed by atoms with Crippen molar-refractivity contribution in [1.82, 2.24) is 14.7 Å². The molecule has 6 nitrogen and oxygen atoms in total. The number of amides is 2. The van der Waals surface area contributed by atoms with E-state index < -0.39 is 12.1 Å². The van der Waals surface area contributed by atoms with E-state index in [0.717, 1.165) is 42.1 Å². The average molecular weight is 566 g/mol. The van der Waals surface area contributed by atoms with Gasteiger partial charge in [0.15, 0.2) is 0 Å². The fraction of sp³-hybridized carbons (Fsp3) is 0.462. The van der Waals surface area contributed by atoms with Crippen LogP contribution >= 0.6 is 15.9 Å². The first kappa shape index (κ1) is 25.2. The third kappa shape index (κ3) is 5.17. The van der Waals surface area contributed by atoms with Gasteiger partial charge in [-0.1, -0.05) is 24.3 Å². The number of benzene rings is 2. The maximum Gasteiger partial charge on any atom is 0.471 e. The highest BCUT2D eigenvalue weighted by Crippen LogP contribution is 2.32. The highest BCUT2D eigenvalue weighted by molar-refractivity contribution is 9.10. The van der Waals surface area contributed by atoms with Crippen LogP contribution in [0.25, 0.3) is 0 Å². The van der Waals surface area contributed by atoms with Gasteiger partial charge in [0, 0.05) is 49.8 Å². The minimum atomic E-state index is -4.92. The van der Waals surface area contributed by atoms with Crippen molar-refractivity contribution in [3.63, 3.8) is 0 Å². The first-order valence-corrected chi connectivity index (χ1v) is 12.9. The van der Waals surface area contributed by atoms with Gasteiger partial charge in [0.05, 0.1) is 18.8 Å². The molecular weight excluding hydrogens is 539 g/mol. The van der Waals surface area contributed by atoms with Crippen LogP contribution in [-0.2, 0) is 35.5 Å². The molecule has 2 amide bonds. The van der Waals surface area contributed by atoms with E-state index in [2.05, 4.69) is 26.9 Å². The monoisotopic (exact) mass is 565 g/mol. The Kier molecular flexibility index (Phi) is 7.11. The van der Waals surface area contributed by atoms with Crippen molar-refractivity contribution >= 4 is 27.7 Å². The van der Waals surface area contributed by atoms with E-state index in [1.54, 1.807) is 6.07 Å². The lowest BCUT2D eigenvalue weighted by Crippen LogP contribution is -2.52. The van der Waals surface area contributed by atoms with Crippen molar-refractivity contribution < 1.29 is 27.5 Å². The second kappa shape index (κ2) is 10.1. The van der Waals surface area contributed by atoms with Gasteiger partial charge >= 0.3 is 12.1 Å². The Labute approximate surface area is 216 Å². The summed E-state index contributed by atoms with van der Waals surface area (Å²) < 4.78 is 45.1. The predicted octanol–water partition coefficient (Wildman–Crippen LogP) is 3.80. The Balaban J connectivity index is 1.43. The molecule has 0 spiro atoms. The molecule has 1 fully saturated rings. The van der Waals surface area contributed by atoms with Crippen molar-refractivity contribution in [3.05, 3.63) is 68.7 Å². The summed E-state index contributed by atoms with van der Waals surface area (Å²) in [6.45, 7) is 3.97. The number of morpholine rings is 1. The summed E-state index contributed by atoms with van der Waals surface area (Å²) in [4.78, 5) is 30.7.